The third-order valence-corrected chi connectivity index (χ3v) is 5.43. The summed E-state index contributed by atoms with van der Waals surface area (Å²) in [7, 11) is 1.41. The number of carbonyl (C=O) groups is 2. The monoisotopic (exact) mass is 369 g/mol. The molecule has 2 aromatic carbocycles. The highest BCUT2D eigenvalue weighted by molar-refractivity contribution is 6.09. The number of ether oxygens (including phenoxy) is 1. The molecule has 0 fully saturated rings. The zero-order chi connectivity index (χ0) is 19.6. The van der Waals surface area contributed by atoms with Crippen molar-refractivity contribution in [3.63, 3.8) is 0 Å². The molecule has 0 radical (unpaired) electrons. The lowest BCUT2D eigenvalue weighted by molar-refractivity contribution is -0.140. The van der Waals surface area contributed by atoms with E-state index in [1.807, 2.05) is 24.3 Å². The van der Waals surface area contributed by atoms with Crippen molar-refractivity contribution in [2.75, 3.05) is 25.1 Å². The molecule has 144 valence electrons. The maximum atomic E-state index is 11.6. The van der Waals surface area contributed by atoms with Gasteiger partial charge in [-0.3, -0.25) is 9.59 Å². The first-order valence-corrected chi connectivity index (χ1v) is 9.46. The average Bonchev–Trinajstić information content (AvgIpc) is 2.92. The number of anilines is 1. The van der Waals surface area contributed by atoms with Crippen LogP contribution in [0.1, 0.15) is 55.5 Å². The Balaban J connectivity index is 1.90. The second-order valence-electron chi connectivity index (χ2n) is 7.84. The van der Waals surface area contributed by atoms with Gasteiger partial charge in [-0.2, -0.15) is 0 Å². The topological polar surface area (TPSA) is 66.8 Å². The summed E-state index contributed by atoms with van der Waals surface area (Å²) >= 11 is 0. The molecule has 0 aromatic heterocycles. The number of rotatable bonds is 7. The number of phenolic OH excluding ortho intramolecular Hbond substituents is 1. The molecule has 0 saturated carbocycles. The molecule has 5 heteroatoms. The first kappa shape index (κ1) is 19.2. The van der Waals surface area contributed by atoms with Gasteiger partial charge in [-0.25, -0.2) is 0 Å². The summed E-state index contributed by atoms with van der Waals surface area (Å²) in [6.07, 6.45) is 3.91. The maximum absolute atomic E-state index is 11.6. The van der Waals surface area contributed by atoms with Crippen LogP contribution in [0, 0.1) is 0 Å². The highest BCUT2D eigenvalue weighted by atomic mass is 16.5. The molecule has 0 aliphatic carbocycles. The van der Waals surface area contributed by atoms with E-state index in [-0.39, 0.29) is 17.1 Å². The van der Waals surface area contributed by atoms with E-state index in [0.29, 0.717) is 12.0 Å². The zero-order valence-corrected chi connectivity index (χ0v) is 16.2. The number of esters is 1. The van der Waals surface area contributed by atoms with Crippen molar-refractivity contribution in [2.45, 2.75) is 44.9 Å². The van der Waals surface area contributed by atoms with Crippen LogP contribution in [0.15, 0.2) is 24.3 Å². The van der Waals surface area contributed by atoms with E-state index in [9.17, 15) is 14.7 Å². The number of aldehydes is 1. The Hall–Kier alpha value is -2.56. The number of nitrogens with zero attached hydrogens (tertiary/aromatic N) is 1. The van der Waals surface area contributed by atoms with Crippen LogP contribution in [0.2, 0.25) is 0 Å². The SMILES string of the molecule is COC(=O)CCCCCN1CC(C)(C)c2c(O)c(C=O)c3ccccc3c21. The first-order chi connectivity index (χ1) is 12.9. The molecule has 0 saturated heterocycles. The van der Waals surface area contributed by atoms with E-state index in [1.165, 1.54) is 7.11 Å². The van der Waals surface area contributed by atoms with Crippen molar-refractivity contribution >= 4 is 28.7 Å². The Kier molecular flexibility index (Phi) is 5.40. The number of methoxy groups -OCH3 is 1. The van der Waals surface area contributed by atoms with E-state index in [4.69, 9.17) is 0 Å². The summed E-state index contributed by atoms with van der Waals surface area (Å²) in [5.74, 6) is -0.0585. The Morgan fingerprint density at radius 2 is 1.93 bits per heavy atom. The number of phenols is 1. The van der Waals surface area contributed by atoms with Crippen LogP contribution in [-0.2, 0) is 14.9 Å². The zero-order valence-electron chi connectivity index (χ0n) is 16.2. The molecule has 27 heavy (non-hydrogen) atoms. The van der Waals surface area contributed by atoms with E-state index < -0.39 is 0 Å². The fourth-order valence-corrected chi connectivity index (χ4v) is 4.20. The summed E-state index contributed by atoms with van der Waals surface area (Å²) in [4.78, 5) is 25.2. The second-order valence-corrected chi connectivity index (χ2v) is 7.84. The Morgan fingerprint density at radius 3 is 2.59 bits per heavy atom. The molecule has 3 rings (SSSR count). The fourth-order valence-electron chi connectivity index (χ4n) is 4.20. The molecule has 1 aliphatic heterocycles. The number of unbranched alkanes of at least 4 members (excludes halogenated alkanes) is 2. The van der Waals surface area contributed by atoms with Gasteiger partial charge in [0.05, 0.1) is 18.4 Å². The summed E-state index contributed by atoms with van der Waals surface area (Å²) in [5, 5.41) is 12.6. The fraction of sp³-hybridized carbons (Fsp3) is 0.455. The van der Waals surface area contributed by atoms with E-state index in [2.05, 4.69) is 23.5 Å². The smallest absolute Gasteiger partial charge is 0.305 e. The minimum atomic E-state index is -0.243. The molecule has 1 aliphatic rings. The van der Waals surface area contributed by atoms with Gasteiger partial charge in [0.25, 0.3) is 0 Å². The van der Waals surface area contributed by atoms with E-state index in [1.54, 1.807) is 0 Å². The number of benzene rings is 2. The molecule has 0 amide bonds. The minimum absolute atomic E-state index is 0.108. The third-order valence-electron chi connectivity index (χ3n) is 5.43. The number of fused-ring (bicyclic) bond motifs is 3. The maximum Gasteiger partial charge on any atom is 0.305 e. The predicted molar refractivity (Wildman–Crippen MR) is 107 cm³/mol. The van der Waals surface area contributed by atoms with Crippen LogP contribution in [0.5, 0.6) is 5.75 Å². The lowest BCUT2D eigenvalue weighted by atomic mass is 9.83. The van der Waals surface area contributed by atoms with Gasteiger partial charge in [-0.05, 0) is 18.2 Å². The van der Waals surface area contributed by atoms with Gasteiger partial charge < -0.3 is 14.7 Å². The highest BCUT2D eigenvalue weighted by Crippen LogP contribution is 2.50. The molecular formula is C22H27NO4. The highest BCUT2D eigenvalue weighted by Gasteiger charge is 2.39. The number of hydrogen-bond donors (Lipinski definition) is 1. The number of aromatic hydroxyl groups is 1. The molecule has 5 nitrogen and oxygen atoms in total. The molecule has 0 unspecified atom stereocenters. The quantitative estimate of drug-likeness (QED) is 0.450. The molecule has 1 heterocycles. The molecule has 1 N–H and O–H groups in total. The number of hydrogen-bond acceptors (Lipinski definition) is 5. The summed E-state index contributed by atoms with van der Waals surface area (Å²) in [5.41, 5.74) is 2.02. The summed E-state index contributed by atoms with van der Waals surface area (Å²) in [6.45, 7) is 5.85. The first-order valence-electron chi connectivity index (χ1n) is 9.46. The van der Waals surface area contributed by atoms with E-state index >= 15 is 0 Å². The standard InChI is InChI=1S/C22H27NO4/c1-22(2)14-23(12-8-4-5-11-18(25)27-3)20-16-10-7-6-9-15(16)17(13-24)21(26)19(20)22/h6-7,9-10,13,26H,4-5,8,11-12,14H2,1-3H3. The van der Waals surface area contributed by atoms with Crippen molar-refractivity contribution in [1.82, 2.24) is 0 Å². The van der Waals surface area contributed by atoms with Gasteiger partial charge >= 0.3 is 5.97 Å². The Labute approximate surface area is 159 Å². The lowest BCUT2D eigenvalue weighted by Crippen LogP contribution is -2.29. The molecule has 0 spiro atoms. The lowest BCUT2D eigenvalue weighted by Gasteiger charge is -2.23. The van der Waals surface area contributed by atoms with Crippen LogP contribution in [0.4, 0.5) is 5.69 Å². The van der Waals surface area contributed by atoms with Crippen molar-refractivity contribution < 1.29 is 19.4 Å². The Morgan fingerprint density at radius 1 is 1.22 bits per heavy atom. The van der Waals surface area contributed by atoms with Gasteiger partial charge in [-0.15, -0.1) is 0 Å². The minimum Gasteiger partial charge on any atom is -0.507 e. The largest absolute Gasteiger partial charge is 0.507 e. The average molecular weight is 369 g/mol. The van der Waals surface area contributed by atoms with E-state index in [0.717, 1.165) is 60.7 Å². The van der Waals surface area contributed by atoms with Gasteiger partial charge in [-0.1, -0.05) is 44.5 Å². The predicted octanol–water partition coefficient (Wildman–Crippen LogP) is 4.19. The van der Waals surface area contributed by atoms with Crippen LogP contribution < -0.4 is 4.90 Å². The van der Waals surface area contributed by atoms with Crippen LogP contribution in [0.3, 0.4) is 0 Å². The van der Waals surface area contributed by atoms with Crippen molar-refractivity contribution in [3.05, 3.63) is 35.4 Å². The third kappa shape index (κ3) is 3.51. The molecular weight excluding hydrogens is 342 g/mol. The van der Waals surface area contributed by atoms with Crippen molar-refractivity contribution in [3.8, 4) is 5.75 Å². The van der Waals surface area contributed by atoms with Crippen molar-refractivity contribution in [2.24, 2.45) is 0 Å². The summed E-state index contributed by atoms with van der Waals surface area (Å²) < 4.78 is 4.68. The normalized spacial score (nSPS) is 15.0. The van der Waals surface area contributed by atoms with Crippen LogP contribution >= 0.6 is 0 Å². The van der Waals surface area contributed by atoms with Crippen molar-refractivity contribution in [1.29, 1.82) is 0 Å². The molecule has 2 aromatic rings. The second kappa shape index (κ2) is 7.59. The van der Waals surface area contributed by atoms with Crippen LogP contribution in [-0.4, -0.2) is 37.6 Å². The van der Waals surface area contributed by atoms with Gasteiger partial charge in [0.2, 0.25) is 0 Å². The molecule has 0 atom stereocenters. The summed E-state index contributed by atoms with van der Waals surface area (Å²) in [6, 6.07) is 7.76. The Bertz CT molecular complexity index is 872. The van der Waals surface area contributed by atoms with Gasteiger partial charge in [0, 0.05) is 35.9 Å². The van der Waals surface area contributed by atoms with Gasteiger partial charge in [0.1, 0.15) is 5.75 Å². The van der Waals surface area contributed by atoms with Crippen LogP contribution in [0.25, 0.3) is 10.8 Å². The molecule has 0 bridgehead atoms. The van der Waals surface area contributed by atoms with Gasteiger partial charge in [0.15, 0.2) is 6.29 Å². The number of carbonyl (C=O) groups excluding carboxylic acids is 2.